The fourth-order valence-electron chi connectivity index (χ4n) is 3.30. The average molecular weight is 424 g/mol. The minimum absolute atomic E-state index is 0. The van der Waals surface area contributed by atoms with Gasteiger partial charge in [-0.3, -0.25) is 4.99 Å². The number of ether oxygens (including phenoxy) is 1. The van der Waals surface area contributed by atoms with Crippen LogP contribution in [0.1, 0.15) is 32.6 Å². The number of hydrogen-bond donors (Lipinski definition) is 1. The van der Waals surface area contributed by atoms with Crippen molar-refractivity contribution in [2.24, 2.45) is 10.9 Å². The highest BCUT2D eigenvalue weighted by Crippen LogP contribution is 2.16. The highest BCUT2D eigenvalue weighted by molar-refractivity contribution is 14.0. The molecule has 0 bridgehead atoms. The highest BCUT2D eigenvalue weighted by atomic mass is 127. The summed E-state index contributed by atoms with van der Waals surface area (Å²) in [4.78, 5) is 9.78. The topological polar surface area (TPSA) is 40.1 Å². The normalized spacial score (nSPS) is 23.5. The number of hydrogen-bond acceptors (Lipinski definition) is 3. The molecule has 0 aliphatic carbocycles. The molecule has 2 rings (SSSR count). The van der Waals surface area contributed by atoms with E-state index in [1.54, 1.807) is 7.11 Å². The Balaban J connectivity index is 0.00000242. The molecule has 1 unspecified atom stereocenters. The zero-order valence-electron chi connectivity index (χ0n) is 14.2. The molecule has 22 heavy (non-hydrogen) atoms. The first-order valence-corrected chi connectivity index (χ1v) is 8.58. The molecular formula is C16H33IN4O. The molecule has 0 aromatic carbocycles. The summed E-state index contributed by atoms with van der Waals surface area (Å²) in [7, 11) is 1.79. The SMILES string of the molecule is CCNC(=NCCN1CCCCC1)N1CCC(COC)C1.I. The summed E-state index contributed by atoms with van der Waals surface area (Å²) in [6.45, 7) is 10.6. The first-order valence-electron chi connectivity index (χ1n) is 8.58. The van der Waals surface area contributed by atoms with E-state index in [2.05, 4.69) is 22.0 Å². The largest absolute Gasteiger partial charge is 0.384 e. The number of guanidine groups is 1. The van der Waals surface area contributed by atoms with E-state index in [1.165, 1.54) is 38.8 Å². The molecule has 0 spiro atoms. The second-order valence-corrected chi connectivity index (χ2v) is 6.19. The number of piperidine rings is 1. The number of methoxy groups -OCH3 is 1. The van der Waals surface area contributed by atoms with Crippen LogP contribution in [-0.4, -0.2) is 75.3 Å². The zero-order valence-corrected chi connectivity index (χ0v) is 16.6. The maximum absolute atomic E-state index is 5.28. The van der Waals surface area contributed by atoms with E-state index < -0.39 is 0 Å². The van der Waals surface area contributed by atoms with Crippen molar-refractivity contribution >= 4 is 29.9 Å². The van der Waals surface area contributed by atoms with Crippen LogP contribution in [0.3, 0.4) is 0 Å². The van der Waals surface area contributed by atoms with Gasteiger partial charge in [0.05, 0.1) is 13.2 Å². The van der Waals surface area contributed by atoms with Crippen LogP contribution >= 0.6 is 24.0 Å². The third-order valence-electron chi connectivity index (χ3n) is 4.45. The van der Waals surface area contributed by atoms with Crippen LogP contribution in [0.4, 0.5) is 0 Å². The predicted molar refractivity (Wildman–Crippen MR) is 103 cm³/mol. The quantitative estimate of drug-likeness (QED) is 0.403. The first-order chi connectivity index (χ1) is 10.3. The summed E-state index contributed by atoms with van der Waals surface area (Å²) < 4.78 is 5.28. The Morgan fingerprint density at radius 1 is 1.23 bits per heavy atom. The lowest BCUT2D eigenvalue weighted by Crippen LogP contribution is -2.41. The van der Waals surface area contributed by atoms with E-state index in [-0.39, 0.29) is 24.0 Å². The number of nitrogens with one attached hydrogen (secondary N) is 1. The Kier molecular flexibility index (Phi) is 10.4. The average Bonchev–Trinajstić information content (AvgIpc) is 2.96. The maximum Gasteiger partial charge on any atom is 0.193 e. The van der Waals surface area contributed by atoms with Crippen molar-refractivity contribution in [2.75, 3.05) is 59.5 Å². The fourth-order valence-corrected chi connectivity index (χ4v) is 3.30. The summed E-state index contributed by atoms with van der Waals surface area (Å²) in [5.74, 6) is 1.74. The Hall–Kier alpha value is -0.0800. The smallest absolute Gasteiger partial charge is 0.193 e. The van der Waals surface area contributed by atoms with Gasteiger partial charge in [0.1, 0.15) is 0 Å². The van der Waals surface area contributed by atoms with Crippen LogP contribution in [0.2, 0.25) is 0 Å². The fraction of sp³-hybridized carbons (Fsp3) is 0.938. The summed E-state index contributed by atoms with van der Waals surface area (Å²) in [6.07, 6.45) is 5.32. The molecular weight excluding hydrogens is 391 g/mol. The Labute approximate surface area is 152 Å². The monoisotopic (exact) mass is 424 g/mol. The molecule has 0 saturated carbocycles. The van der Waals surface area contributed by atoms with Crippen molar-refractivity contribution in [1.82, 2.24) is 15.1 Å². The molecule has 2 heterocycles. The van der Waals surface area contributed by atoms with Gasteiger partial charge in [-0.05, 0) is 39.3 Å². The number of likely N-dealkylation sites (tertiary alicyclic amines) is 2. The lowest BCUT2D eigenvalue weighted by Gasteiger charge is -2.26. The molecule has 5 nitrogen and oxygen atoms in total. The Bertz CT molecular complexity index is 321. The Morgan fingerprint density at radius 2 is 2.00 bits per heavy atom. The van der Waals surface area contributed by atoms with Gasteiger partial charge in [-0.2, -0.15) is 0 Å². The van der Waals surface area contributed by atoms with E-state index >= 15 is 0 Å². The summed E-state index contributed by atoms with van der Waals surface area (Å²) in [5, 5.41) is 3.44. The van der Waals surface area contributed by atoms with Crippen LogP contribution in [-0.2, 0) is 4.74 Å². The van der Waals surface area contributed by atoms with E-state index in [0.717, 1.165) is 45.3 Å². The number of nitrogens with zero attached hydrogens (tertiary/aromatic N) is 3. The molecule has 0 aromatic rings. The van der Waals surface area contributed by atoms with Crippen molar-refractivity contribution in [3.05, 3.63) is 0 Å². The van der Waals surface area contributed by atoms with E-state index in [0.29, 0.717) is 5.92 Å². The minimum atomic E-state index is 0. The van der Waals surface area contributed by atoms with Crippen LogP contribution in [0.5, 0.6) is 0 Å². The first kappa shape index (κ1) is 20.0. The molecule has 0 amide bonds. The molecule has 1 N–H and O–H groups in total. The van der Waals surface area contributed by atoms with Crippen molar-refractivity contribution in [2.45, 2.75) is 32.6 Å². The van der Waals surface area contributed by atoms with Gasteiger partial charge in [0.2, 0.25) is 0 Å². The van der Waals surface area contributed by atoms with Gasteiger partial charge in [-0.15, -0.1) is 24.0 Å². The van der Waals surface area contributed by atoms with Crippen molar-refractivity contribution < 1.29 is 4.74 Å². The van der Waals surface area contributed by atoms with Crippen molar-refractivity contribution in [3.8, 4) is 0 Å². The highest BCUT2D eigenvalue weighted by Gasteiger charge is 2.24. The van der Waals surface area contributed by atoms with E-state index in [4.69, 9.17) is 9.73 Å². The lowest BCUT2D eigenvalue weighted by atomic mass is 10.1. The van der Waals surface area contributed by atoms with Gasteiger partial charge in [0.15, 0.2) is 5.96 Å². The lowest BCUT2D eigenvalue weighted by molar-refractivity contribution is 0.157. The molecule has 2 saturated heterocycles. The van der Waals surface area contributed by atoms with Gasteiger partial charge in [-0.1, -0.05) is 6.42 Å². The summed E-state index contributed by atoms with van der Waals surface area (Å²) in [5.41, 5.74) is 0. The molecule has 1 atom stereocenters. The van der Waals surface area contributed by atoms with Crippen LogP contribution < -0.4 is 5.32 Å². The minimum Gasteiger partial charge on any atom is -0.384 e. The van der Waals surface area contributed by atoms with Crippen LogP contribution in [0, 0.1) is 5.92 Å². The molecule has 0 radical (unpaired) electrons. The predicted octanol–water partition coefficient (Wildman–Crippen LogP) is 2.02. The third-order valence-corrected chi connectivity index (χ3v) is 4.45. The number of aliphatic imine (C=N–C) groups is 1. The van der Waals surface area contributed by atoms with Gasteiger partial charge in [0.25, 0.3) is 0 Å². The molecule has 2 fully saturated rings. The molecule has 6 heteroatoms. The summed E-state index contributed by atoms with van der Waals surface area (Å²) in [6, 6.07) is 0. The van der Waals surface area contributed by atoms with E-state index in [9.17, 15) is 0 Å². The molecule has 2 aliphatic rings. The standard InChI is InChI=1S/C16H32N4O.HI/c1-3-17-16(20-11-7-15(13-20)14-21-2)18-8-12-19-9-5-4-6-10-19;/h15H,3-14H2,1-2H3,(H,17,18);1H. The van der Waals surface area contributed by atoms with Gasteiger partial charge in [0, 0.05) is 39.2 Å². The second kappa shape index (κ2) is 11.5. The third kappa shape index (κ3) is 6.58. The van der Waals surface area contributed by atoms with E-state index in [1.807, 2.05) is 0 Å². The molecule has 130 valence electrons. The second-order valence-electron chi connectivity index (χ2n) is 6.19. The van der Waals surface area contributed by atoms with Gasteiger partial charge < -0.3 is 19.9 Å². The zero-order chi connectivity index (χ0) is 14.9. The number of rotatable bonds is 6. The Morgan fingerprint density at radius 3 is 2.68 bits per heavy atom. The van der Waals surface area contributed by atoms with Crippen LogP contribution in [0.25, 0.3) is 0 Å². The van der Waals surface area contributed by atoms with Crippen molar-refractivity contribution in [3.63, 3.8) is 0 Å². The van der Waals surface area contributed by atoms with Gasteiger partial charge in [-0.25, -0.2) is 0 Å². The molecule has 2 aliphatic heterocycles. The summed E-state index contributed by atoms with van der Waals surface area (Å²) >= 11 is 0. The maximum atomic E-state index is 5.28. The van der Waals surface area contributed by atoms with Crippen molar-refractivity contribution in [1.29, 1.82) is 0 Å². The van der Waals surface area contributed by atoms with Gasteiger partial charge >= 0.3 is 0 Å². The number of halogens is 1. The molecule has 0 aromatic heterocycles. The van der Waals surface area contributed by atoms with Crippen LogP contribution in [0.15, 0.2) is 4.99 Å².